The summed E-state index contributed by atoms with van der Waals surface area (Å²) >= 11 is 0. The largest absolute Gasteiger partial charge is 0.450 e. The van der Waals surface area contributed by atoms with Crippen LogP contribution in [0.5, 0.6) is 5.75 Å². The molecule has 2 amide bonds. The van der Waals surface area contributed by atoms with E-state index in [0.717, 1.165) is 12.8 Å². The van der Waals surface area contributed by atoms with Gasteiger partial charge in [-0.3, -0.25) is 5.32 Å². The van der Waals surface area contributed by atoms with E-state index in [1.165, 1.54) is 0 Å². The van der Waals surface area contributed by atoms with E-state index in [1.54, 1.807) is 36.1 Å². The highest BCUT2D eigenvalue weighted by molar-refractivity contribution is 5.85. The molecule has 0 aromatic heterocycles. The lowest BCUT2D eigenvalue weighted by Gasteiger charge is -2.20. The molecular formula is C16H24N2O4. The van der Waals surface area contributed by atoms with E-state index in [2.05, 4.69) is 12.2 Å². The molecular weight excluding hydrogens is 284 g/mol. The number of ether oxygens (including phenoxy) is 2. The average molecular weight is 308 g/mol. The molecule has 0 unspecified atom stereocenters. The summed E-state index contributed by atoms with van der Waals surface area (Å²) in [5.74, 6) is 0.384. The van der Waals surface area contributed by atoms with Crippen molar-refractivity contribution in [3.63, 3.8) is 0 Å². The first-order valence-corrected chi connectivity index (χ1v) is 7.61. The Morgan fingerprint density at radius 2 is 2.00 bits per heavy atom. The Bertz CT molecular complexity index is 491. The zero-order valence-corrected chi connectivity index (χ0v) is 13.4. The first kappa shape index (κ1) is 17.8. The van der Waals surface area contributed by atoms with Gasteiger partial charge in [0.15, 0.2) is 0 Å². The van der Waals surface area contributed by atoms with Crippen LogP contribution in [0.3, 0.4) is 0 Å². The molecule has 0 radical (unpaired) electrons. The maximum absolute atomic E-state index is 12.1. The lowest BCUT2D eigenvalue weighted by molar-refractivity contribution is 0.154. The Morgan fingerprint density at radius 1 is 1.23 bits per heavy atom. The van der Waals surface area contributed by atoms with Gasteiger partial charge in [-0.1, -0.05) is 19.4 Å². The number of hydrogen-bond donors (Lipinski definition) is 1. The number of nitrogens with zero attached hydrogens (tertiary/aromatic N) is 1. The van der Waals surface area contributed by atoms with Crippen LogP contribution in [0.2, 0.25) is 0 Å². The second kappa shape index (κ2) is 9.65. The third kappa shape index (κ3) is 6.03. The molecule has 1 aromatic rings. The molecule has 0 aliphatic rings. The van der Waals surface area contributed by atoms with Gasteiger partial charge in [-0.15, -0.1) is 0 Å². The van der Waals surface area contributed by atoms with Gasteiger partial charge in [0.1, 0.15) is 5.75 Å². The molecule has 1 aromatic carbocycles. The van der Waals surface area contributed by atoms with Crippen LogP contribution in [-0.2, 0) is 4.74 Å². The molecule has 0 atom stereocenters. The third-order valence-corrected chi connectivity index (χ3v) is 2.98. The number of unbranched alkanes of at least 4 members (excludes halogenated alkanes) is 1. The van der Waals surface area contributed by atoms with E-state index in [0.29, 0.717) is 31.1 Å². The summed E-state index contributed by atoms with van der Waals surface area (Å²) in [6.45, 7) is 7.28. The van der Waals surface area contributed by atoms with Crippen molar-refractivity contribution in [3.05, 3.63) is 24.3 Å². The van der Waals surface area contributed by atoms with Crippen molar-refractivity contribution in [2.24, 2.45) is 0 Å². The monoisotopic (exact) mass is 308 g/mol. The smallest absolute Gasteiger partial charge is 0.415 e. The molecule has 0 saturated carbocycles. The highest BCUT2D eigenvalue weighted by atomic mass is 16.6. The van der Waals surface area contributed by atoms with Crippen LogP contribution in [0, 0.1) is 0 Å². The van der Waals surface area contributed by atoms with Crippen LogP contribution < -0.4 is 10.1 Å². The van der Waals surface area contributed by atoms with E-state index < -0.39 is 6.09 Å². The van der Waals surface area contributed by atoms with Gasteiger partial charge in [-0.2, -0.15) is 0 Å². The summed E-state index contributed by atoms with van der Waals surface area (Å²) in [6.07, 6.45) is 1.03. The predicted octanol–water partition coefficient (Wildman–Crippen LogP) is 3.88. The van der Waals surface area contributed by atoms with E-state index in [1.807, 2.05) is 6.92 Å². The first-order chi connectivity index (χ1) is 10.6. The van der Waals surface area contributed by atoms with E-state index in [9.17, 15) is 9.59 Å². The molecule has 22 heavy (non-hydrogen) atoms. The summed E-state index contributed by atoms with van der Waals surface area (Å²) in [5, 5.41) is 2.57. The van der Waals surface area contributed by atoms with E-state index in [-0.39, 0.29) is 6.09 Å². The Labute approximate surface area is 131 Å². The summed E-state index contributed by atoms with van der Waals surface area (Å²) < 4.78 is 10.1. The lowest BCUT2D eigenvalue weighted by Crippen LogP contribution is -2.34. The number of carbonyl (C=O) groups excluding carboxylic acids is 2. The van der Waals surface area contributed by atoms with Crippen LogP contribution in [-0.4, -0.2) is 36.8 Å². The number of benzene rings is 1. The minimum Gasteiger partial charge on any atom is -0.450 e. The number of carbonyl (C=O) groups is 2. The molecule has 1 rings (SSSR count). The molecule has 122 valence electrons. The van der Waals surface area contributed by atoms with Crippen molar-refractivity contribution in [2.45, 2.75) is 33.6 Å². The zero-order valence-electron chi connectivity index (χ0n) is 13.4. The highest BCUT2D eigenvalue weighted by Crippen LogP contribution is 2.18. The summed E-state index contributed by atoms with van der Waals surface area (Å²) in [7, 11) is 0. The topological polar surface area (TPSA) is 67.9 Å². The van der Waals surface area contributed by atoms with Crippen LogP contribution in [0.4, 0.5) is 15.3 Å². The third-order valence-electron chi connectivity index (χ3n) is 2.98. The van der Waals surface area contributed by atoms with E-state index >= 15 is 0 Å². The number of hydrogen-bond acceptors (Lipinski definition) is 4. The fraction of sp³-hybridized carbons (Fsp3) is 0.500. The van der Waals surface area contributed by atoms with Crippen molar-refractivity contribution in [3.8, 4) is 5.75 Å². The van der Waals surface area contributed by atoms with Gasteiger partial charge in [0.2, 0.25) is 0 Å². The molecule has 1 N–H and O–H groups in total. The summed E-state index contributed by atoms with van der Waals surface area (Å²) in [5.41, 5.74) is 0.514. The molecule has 0 aliphatic heterocycles. The SMILES string of the molecule is CCCCN(CC)C(=O)Oc1cccc(NC(=O)OCC)c1. The van der Waals surface area contributed by atoms with Gasteiger partial charge in [-0.25, -0.2) is 9.59 Å². The number of amides is 2. The maximum Gasteiger partial charge on any atom is 0.415 e. The van der Waals surface area contributed by atoms with Gasteiger partial charge in [0.25, 0.3) is 0 Å². The standard InChI is InChI=1S/C16H24N2O4/c1-4-7-11-18(5-2)16(20)22-14-10-8-9-13(12-14)17-15(19)21-6-3/h8-10,12H,4-7,11H2,1-3H3,(H,17,19). The Morgan fingerprint density at radius 3 is 2.64 bits per heavy atom. The minimum atomic E-state index is -0.538. The van der Waals surface area contributed by atoms with Gasteiger partial charge < -0.3 is 14.4 Å². The molecule has 0 bridgehead atoms. The molecule has 6 nitrogen and oxygen atoms in total. The van der Waals surface area contributed by atoms with Gasteiger partial charge in [-0.05, 0) is 32.4 Å². The second-order valence-electron chi connectivity index (χ2n) is 4.67. The fourth-order valence-corrected chi connectivity index (χ4v) is 1.82. The molecule has 6 heteroatoms. The maximum atomic E-state index is 12.1. The van der Waals surface area contributed by atoms with Crippen LogP contribution in [0.25, 0.3) is 0 Å². The number of nitrogens with one attached hydrogen (secondary N) is 1. The van der Waals surface area contributed by atoms with Gasteiger partial charge in [0, 0.05) is 24.8 Å². The molecule has 0 fully saturated rings. The predicted molar refractivity (Wildman–Crippen MR) is 85.3 cm³/mol. The summed E-state index contributed by atoms with van der Waals surface area (Å²) in [4.78, 5) is 25.1. The minimum absolute atomic E-state index is 0.295. The van der Waals surface area contributed by atoms with Crippen molar-refractivity contribution in [1.82, 2.24) is 4.90 Å². The van der Waals surface area contributed by atoms with Crippen LogP contribution >= 0.6 is 0 Å². The Hall–Kier alpha value is -2.24. The van der Waals surface area contributed by atoms with Crippen molar-refractivity contribution < 1.29 is 19.1 Å². The molecule has 0 heterocycles. The number of anilines is 1. The second-order valence-corrected chi connectivity index (χ2v) is 4.67. The van der Waals surface area contributed by atoms with Crippen LogP contribution in [0.1, 0.15) is 33.6 Å². The van der Waals surface area contributed by atoms with Gasteiger partial charge >= 0.3 is 12.2 Å². The van der Waals surface area contributed by atoms with Crippen molar-refractivity contribution in [2.75, 3.05) is 25.0 Å². The zero-order chi connectivity index (χ0) is 16.4. The quantitative estimate of drug-likeness (QED) is 0.830. The molecule has 0 aliphatic carbocycles. The lowest BCUT2D eigenvalue weighted by atomic mass is 10.3. The first-order valence-electron chi connectivity index (χ1n) is 7.61. The normalized spacial score (nSPS) is 9.95. The Kier molecular flexibility index (Phi) is 7.81. The Balaban J connectivity index is 2.65. The van der Waals surface area contributed by atoms with E-state index in [4.69, 9.17) is 9.47 Å². The van der Waals surface area contributed by atoms with Crippen molar-refractivity contribution >= 4 is 17.9 Å². The molecule has 0 saturated heterocycles. The number of rotatable bonds is 7. The van der Waals surface area contributed by atoms with Gasteiger partial charge in [0.05, 0.1) is 6.61 Å². The average Bonchev–Trinajstić information content (AvgIpc) is 2.48. The van der Waals surface area contributed by atoms with Crippen molar-refractivity contribution in [1.29, 1.82) is 0 Å². The molecule has 0 spiro atoms. The van der Waals surface area contributed by atoms with Crippen LogP contribution in [0.15, 0.2) is 24.3 Å². The fourth-order valence-electron chi connectivity index (χ4n) is 1.82. The summed E-state index contributed by atoms with van der Waals surface area (Å²) in [6, 6.07) is 6.65. The highest BCUT2D eigenvalue weighted by Gasteiger charge is 2.13.